The minimum atomic E-state index is -3.04. The van der Waals surface area contributed by atoms with Crippen LogP contribution in [0.15, 0.2) is 24.3 Å². The molecule has 1 saturated heterocycles. The Labute approximate surface area is 123 Å². The van der Waals surface area contributed by atoms with E-state index in [1.54, 1.807) is 12.1 Å². The first-order valence-corrected chi connectivity index (χ1v) is 8.47. The fraction of sp³-hybridized carbons (Fsp3) is 0.385. The van der Waals surface area contributed by atoms with Crippen molar-refractivity contribution in [1.82, 2.24) is 0 Å². The van der Waals surface area contributed by atoms with Gasteiger partial charge in [-0.25, -0.2) is 8.42 Å². The van der Waals surface area contributed by atoms with Crippen LogP contribution in [0.2, 0.25) is 0 Å². The van der Waals surface area contributed by atoms with E-state index >= 15 is 0 Å². The molecule has 1 aliphatic rings. The minimum absolute atomic E-state index is 0.0572. The number of sulfone groups is 1. The molecule has 1 fully saturated rings. The van der Waals surface area contributed by atoms with Crippen LogP contribution in [0.25, 0.3) is 0 Å². The number of carbonyl (C=O) groups is 1. The molecule has 0 spiro atoms. The number of rotatable bonds is 4. The largest absolute Gasteiger partial charge is 0.393 e. The summed E-state index contributed by atoms with van der Waals surface area (Å²) >= 11 is 4.83. The van der Waals surface area contributed by atoms with Gasteiger partial charge >= 0.3 is 0 Å². The van der Waals surface area contributed by atoms with E-state index in [1.165, 1.54) is 0 Å². The van der Waals surface area contributed by atoms with E-state index in [0.29, 0.717) is 23.5 Å². The number of nitrogens with two attached hydrogens (primary N) is 1. The minimum Gasteiger partial charge on any atom is -0.393 e. The van der Waals surface area contributed by atoms with Crippen molar-refractivity contribution in [1.29, 1.82) is 0 Å². The maximum absolute atomic E-state index is 11.9. The van der Waals surface area contributed by atoms with Crippen LogP contribution < -0.4 is 11.1 Å². The predicted octanol–water partition coefficient (Wildman–Crippen LogP) is 0.888. The summed E-state index contributed by atoms with van der Waals surface area (Å²) in [5.74, 6) is -0.652. The average molecular weight is 312 g/mol. The molecule has 0 radical (unpaired) electrons. The van der Waals surface area contributed by atoms with E-state index in [4.69, 9.17) is 18.0 Å². The molecule has 1 heterocycles. The predicted molar refractivity (Wildman–Crippen MR) is 82.3 cm³/mol. The van der Waals surface area contributed by atoms with Crippen molar-refractivity contribution in [2.24, 2.45) is 11.7 Å². The van der Waals surface area contributed by atoms with Crippen molar-refractivity contribution in [3.05, 3.63) is 29.8 Å². The Balaban J connectivity index is 1.96. The molecule has 1 amide bonds. The van der Waals surface area contributed by atoms with Crippen LogP contribution in [0.4, 0.5) is 5.69 Å². The molecule has 2 rings (SSSR count). The highest BCUT2D eigenvalue weighted by atomic mass is 32.2. The Morgan fingerprint density at radius 2 is 2.00 bits per heavy atom. The molecule has 1 unspecified atom stereocenters. The number of thiocarbonyl (C=S) groups is 1. The number of hydrogen-bond donors (Lipinski definition) is 2. The van der Waals surface area contributed by atoms with Gasteiger partial charge in [0.15, 0.2) is 9.84 Å². The summed E-state index contributed by atoms with van der Waals surface area (Å²) in [5, 5.41) is 2.73. The van der Waals surface area contributed by atoms with Gasteiger partial charge in [-0.3, -0.25) is 4.79 Å². The fourth-order valence-electron chi connectivity index (χ4n) is 2.15. The van der Waals surface area contributed by atoms with Gasteiger partial charge in [-0.15, -0.1) is 0 Å². The molecule has 3 N–H and O–H groups in total. The molecule has 7 heteroatoms. The van der Waals surface area contributed by atoms with Crippen LogP contribution in [-0.2, 0) is 21.1 Å². The Bertz CT molecular complexity index is 624. The number of nitrogens with one attached hydrogen (secondary N) is 1. The van der Waals surface area contributed by atoms with Crippen molar-refractivity contribution in [2.45, 2.75) is 12.8 Å². The van der Waals surface area contributed by atoms with Crippen molar-refractivity contribution >= 4 is 38.6 Å². The Morgan fingerprint density at radius 3 is 2.50 bits per heavy atom. The fourth-order valence-corrected chi connectivity index (χ4v) is 4.06. The van der Waals surface area contributed by atoms with Gasteiger partial charge in [-0.2, -0.15) is 0 Å². The molecule has 5 nitrogen and oxygen atoms in total. The molecule has 0 aromatic heterocycles. The molecule has 0 saturated carbocycles. The molecular weight excluding hydrogens is 296 g/mol. The summed E-state index contributed by atoms with van der Waals surface area (Å²) in [7, 11) is -3.04. The molecule has 0 bridgehead atoms. The highest BCUT2D eigenvalue weighted by Gasteiger charge is 2.32. The molecule has 108 valence electrons. The van der Waals surface area contributed by atoms with E-state index in [1.807, 2.05) is 12.1 Å². The monoisotopic (exact) mass is 312 g/mol. The van der Waals surface area contributed by atoms with Gasteiger partial charge in [0.1, 0.15) is 0 Å². The Morgan fingerprint density at radius 1 is 1.35 bits per heavy atom. The molecule has 1 aliphatic heterocycles. The van der Waals surface area contributed by atoms with E-state index in [9.17, 15) is 13.2 Å². The van der Waals surface area contributed by atoms with Crippen LogP contribution in [0.1, 0.15) is 12.0 Å². The van der Waals surface area contributed by atoms with Crippen molar-refractivity contribution in [3.63, 3.8) is 0 Å². The maximum atomic E-state index is 11.9. The zero-order chi connectivity index (χ0) is 14.8. The lowest BCUT2D eigenvalue weighted by Gasteiger charge is -2.10. The summed E-state index contributed by atoms with van der Waals surface area (Å²) in [6.45, 7) is 0. The smallest absolute Gasteiger partial charge is 0.228 e. The lowest BCUT2D eigenvalue weighted by Crippen LogP contribution is -2.23. The van der Waals surface area contributed by atoms with E-state index in [-0.39, 0.29) is 17.4 Å². The molecule has 1 atom stereocenters. The lowest BCUT2D eigenvalue weighted by molar-refractivity contribution is -0.119. The molecule has 20 heavy (non-hydrogen) atoms. The van der Waals surface area contributed by atoms with Gasteiger partial charge in [0, 0.05) is 12.1 Å². The zero-order valence-corrected chi connectivity index (χ0v) is 12.5. The van der Waals surface area contributed by atoms with Crippen LogP contribution in [0.3, 0.4) is 0 Å². The summed E-state index contributed by atoms with van der Waals surface area (Å²) in [6.07, 6.45) is 0.915. The molecule has 1 aromatic rings. The van der Waals surface area contributed by atoms with Crippen molar-refractivity contribution < 1.29 is 13.2 Å². The third-order valence-electron chi connectivity index (χ3n) is 3.20. The molecular formula is C13H16N2O3S2. The number of benzene rings is 1. The van der Waals surface area contributed by atoms with Crippen LogP contribution in [0, 0.1) is 5.92 Å². The third kappa shape index (κ3) is 4.01. The van der Waals surface area contributed by atoms with Gasteiger partial charge in [-0.1, -0.05) is 24.4 Å². The van der Waals surface area contributed by atoms with Crippen LogP contribution >= 0.6 is 12.2 Å². The summed E-state index contributed by atoms with van der Waals surface area (Å²) in [5.41, 5.74) is 7.07. The van der Waals surface area contributed by atoms with Crippen molar-refractivity contribution in [2.75, 3.05) is 16.8 Å². The van der Waals surface area contributed by atoms with Crippen molar-refractivity contribution in [3.8, 4) is 0 Å². The summed E-state index contributed by atoms with van der Waals surface area (Å²) < 4.78 is 22.7. The van der Waals surface area contributed by atoms with Gasteiger partial charge in [-0.05, 0) is 24.1 Å². The quantitative estimate of drug-likeness (QED) is 0.806. The first-order chi connectivity index (χ1) is 9.35. The maximum Gasteiger partial charge on any atom is 0.228 e. The average Bonchev–Trinajstić information content (AvgIpc) is 2.72. The number of anilines is 1. The summed E-state index contributed by atoms with van der Waals surface area (Å²) in [6, 6.07) is 7.18. The second kappa shape index (κ2) is 5.88. The second-order valence-corrected chi connectivity index (χ2v) is 7.68. The number of carbonyl (C=O) groups excluding carboxylic acids is 1. The standard InChI is InChI=1S/C13H16N2O3S2/c14-12(19)7-9-1-3-11(4-2-9)15-13(16)10-5-6-20(17,18)8-10/h1-4,10H,5-8H2,(H2,14,19)(H,15,16). The first kappa shape index (κ1) is 14.9. The topological polar surface area (TPSA) is 89.3 Å². The van der Waals surface area contributed by atoms with E-state index in [0.717, 1.165) is 5.56 Å². The second-order valence-electron chi connectivity index (χ2n) is 4.93. The van der Waals surface area contributed by atoms with E-state index in [2.05, 4.69) is 5.32 Å². The van der Waals surface area contributed by atoms with Gasteiger partial charge < -0.3 is 11.1 Å². The molecule has 0 aliphatic carbocycles. The van der Waals surface area contributed by atoms with Crippen LogP contribution in [0.5, 0.6) is 0 Å². The Kier molecular flexibility index (Phi) is 4.39. The number of hydrogen-bond acceptors (Lipinski definition) is 4. The third-order valence-corrected chi connectivity index (χ3v) is 5.12. The van der Waals surface area contributed by atoms with Gasteiger partial charge in [0.25, 0.3) is 0 Å². The van der Waals surface area contributed by atoms with Crippen LogP contribution in [-0.4, -0.2) is 30.8 Å². The van der Waals surface area contributed by atoms with Gasteiger partial charge in [0.2, 0.25) is 5.91 Å². The summed E-state index contributed by atoms with van der Waals surface area (Å²) in [4.78, 5) is 12.4. The zero-order valence-electron chi connectivity index (χ0n) is 10.8. The Hall–Kier alpha value is -1.47. The van der Waals surface area contributed by atoms with E-state index < -0.39 is 15.8 Å². The highest BCUT2D eigenvalue weighted by molar-refractivity contribution is 7.91. The lowest BCUT2D eigenvalue weighted by atomic mass is 10.1. The first-order valence-electron chi connectivity index (χ1n) is 6.24. The number of amides is 1. The molecule has 1 aromatic carbocycles. The highest BCUT2D eigenvalue weighted by Crippen LogP contribution is 2.20. The normalized spacial score (nSPS) is 20.5. The van der Waals surface area contributed by atoms with Gasteiger partial charge in [0.05, 0.1) is 22.4 Å². The SMILES string of the molecule is NC(=S)Cc1ccc(NC(=O)C2CCS(=O)(=O)C2)cc1.